The maximum atomic E-state index is 14.1. The number of anilines is 1. The molecule has 1 amide bonds. The summed E-state index contributed by atoms with van der Waals surface area (Å²) in [7, 11) is 1.69. The molecular formula is C26H26F2N4O. The van der Waals surface area contributed by atoms with Crippen molar-refractivity contribution in [1.29, 1.82) is 0 Å². The van der Waals surface area contributed by atoms with Gasteiger partial charge in [0, 0.05) is 23.7 Å². The number of halogens is 2. The van der Waals surface area contributed by atoms with E-state index in [4.69, 9.17) is 0 Å². The van der Waals surface area contributed by atoms with Crippen molar-refractivity contribution in [2.24, 2.45) is 10.4 Å². The van der Waals surface area contributed by atoms with Crippen LogP contribution in [0.3, 0.4) is 0 Å². The summed E-state index contributed by atoms with van der Waals surface area (Å²) in [4.78, 5) is 18.5. The smallest absolute Gasteiger partial charge is 0.233 e. The van der Waals surface area contributed by atoms with E-state index in [1.165, 1.54) is 23.1 Å². The van der Waals surface area contributed by atoms with E-state index in [0.29, 0.717) is 30.1 Å². The molecule has 1 aliphatic rings. The van der Waals surface area contributed by atoms with Crippen LogP contribution in [0.2, 0.25) is 0 Å². The molecule has 0 saturated carbocycles. The van der Waals surface area contributed by atoms with Gasteiger partial charge in [-0.3, -0.25) is 14.7 Å². The molecule has 0 spiro atoms. The highest BCUT2D eigenvalue weighted by Crippen LogP contribution is 2.33. The van der Waals surface area contributed by atoms with Crippen LogP contribution in [0.15, 0.2) is 59.6 Å². The number of aromatic nitrogens is 2. The zero-order valence-electron chi connectivity index (χ0n) is 19.1. The van der Waals surface area contributed by atoms with Crippen molar-refractivity contribution in [2.45, 2.75) is 39.7 Å². The Bertz CT molecular complexity index is 1180. The monoisotopic (exact) mass is 448 g/mol. The van der Waals surface area contributed by atoms with Crippen molar-refractivity contribution < 1.29 is 13.6 Å². The maximum absolute atomic E-state index is 14.1. The van der Waals surface area contributed by atoms with Crippen LogP contribution in [0.1, 0.15) is 50.8 Å². The summed E-state index contributed by atoms with van der Waals surface area (Å²) in [6.07, 6.45) is 1.23. The summed E-state index contributed by atoms with van der Waals surface area (Å²) < 4.78 is 28.2. The average Bonchev–Trinajstić information content (AvgIpc) is 3.27. The Morgan fingerprint density at radius 1 is 0.970 bits per heavy atom. The van der Waals surface area contributed by atoms with Gasteiger partial charge in [-0.2, -0.15) is 0 Å². The topological polar surface area (TPSA) is 58.5 Å². The zero-order valence-corrected chi connectivity index (χ0v) is 19.1. The lowest BCUT2D eigenvalue weighted by Crippen LogP contribution is -2.37. The minimum atomic E-state index is -0.582. The molecule has 1 unspecified atom stereocenters. The summed E-state index contributed by atoms with van der Waals surface area (Å²) >= 11 is 0. The number of rotatable bonds is 4. The summed E-state index contributed by atoms with van der Waals surface area (Å²) in [5.41, 5.74) is 2.48. The van der Waals surface area contributed by atoms with Crippen molar-refractivity contribution in [3.63, 3.8) is 0 Å². The molecule has 5 nitrogen and oxygen atoms in total. The van der Waals surface area contributed by atoms with E-state index in [1.54, 1.807) is 13.1 Å². The summed E-state index contributed by atoms with van der Waals surface area (Å²) in [5.74, 6) is -0.715. The first-order chi connectivity index (χ1) is 15.6. The lowest BCUT2D eigenvalue weighted by molar-refractivity contribution is -0.125. The first-order valence-corrected chi connectivity index (χ1v) is 10.9. The van der Waals surface area contributed by atoms with E-state index >= 15 is 0 Å². The third-order valence-corrected chi connectivity index (χ3v) is 5.75. The molecule has 0 N–H and O–H groups in total. The van der Waals surface area contributed by atoms with Gasteiger partial charge >= 0.3 is 0 Å². The van der Waals surface area contributed by atoms with Gasteiger partial charge in [0.25, 0.3) is 0 Å². The molecule has 0 bridgehead atoms. The SMILES string of the molecule is CN(C(=O)C(C)(C)C)c1ccc(-c2ccc(C3CCC(c4c(F)cccc4F)=N3)cc2)nn1. The Kier molecular flexibility index (Phi) is 6.06. The number of aliphatic imine (C=N–C) groups is 1. The molecule has 1 aliphatic heterocycles. The first kappa shape index (κ1) is 22.7. The van der Waals surface area contributed by atoms with Crippen LogP contribution < -0.4 is 4.90 Å². The number of nitrogens with zero attached hydrogens (tertiary/aromatic N) is 4. The summed E-state index contributed by atoms with van der Waals surface area (Å²) in [6, 6.07) is 15.1. The van der Waals surface area contributed by atoms with E-state index in [1.807, 2.05) is 51.1 Å². The van der Waals surface area contributed by atoms with Crippen LogP contribution in [0.4, 0.5) is 14.6 Å². The van der Waals surface area contributed by atoms with Gasteiger partial charge in [-0.15, -0.1) is 10.2 Å². The van der Waals surface area contributed by atoms with E-state index in [9.17, 15) is 13.6 Å². The molecule has 33 heavy (non-hydrogen) atoms. The molecule has 7 heteroatoms. The molecule has 170 valence electrons. The molecule has 1 atom stereocenters. The van der Waals surface area contributed by atoms with Crippen LogP contribution in [0, 0.1) is 17.0 Å². The molecule has 3 aromatic rings. The predicted molar refractivity (Wildman–Crippen MR) is 125 cm³/mol. The average molecular weight is 449 g/mol. The van der Waals surface area contributed by atoms with Crippen molar-refractivity contribution in [2.75, 3.05) is 11.9 Å². The quantitative estimate of drug-likeness (QED) is 0.510. The Balaban J connectivity index is 1.50. The van der Waals surface area contributed by atoms with Gasteiger partial charge in [-0.1, -0.05) is 51.1 Å². The lowest BCUT2D eigenvalue weighted by Gasteiger charge is -2.24. The molecule has 4 rings (SSSR count). The summed E-state index contributed by atoms with van der Waals surface area (Å²) in [6.45, 7) is 5.58. The molecule has 0 radical (unpaired) electrons. The van der Waals surface area contributed by atoms with E-state index in [-0.39, 0.29) is 17.5 Å². The van der Waals surface area contributed by atoms with Gasteiger partial charge in [-0.25, -0.2) is 8.78 Å². The van der Waals surface area contributed by atoms with Crippen LogP contribution in [0.5, 0.6) is 0 Å². The van der Waals surface area contributed by atoms with Gasteiger partial charge in [0.2, 0.25) is 5.91 Å². The number of hydrogen-bond donors (Lipinski definition) is 0. The fourth-order valence-corrected chi connectivity index (χ4v) is 3.94. The van der Waals surface area contributed by atoms with Crippen LogP contribution >= 0.6 is 0 Å². The van der Waals surface area contributed by atoms with Crippen LogP contribution in [-0.2, 0) is 4.79 Å². The van der Waals surface area contributed by atoms with Crippen LogP contribution in [-0.4, -0.2) is 28.9 Å². The Labute approximate surface area is 192 Å². The third kappa shape index (κ3) is 4.67. The standard InChI is InChI=1S/C26H26F2N4O/c1-26(2,3)25(33)32(4)23-15-14-21(30-31-23)17-10-8-16(9-11-17)20-12-13-22(29-20)24-18(27)6-5-7-19(24)28/h5-11,14-15,20H,12-13H2,1-4H3. The van der Waals surface area contributed by atoms with Gasteiger partial charge in [0.05, 0.1) is 17.3 Å². The normalized spacial score (nSPS) is 15.9. The highest BCUT2D eigenvalue weighted by atomic mass is 19.1. The second-order valence-electron chi connectivity index (χ2n) is 9.24. The lowest BCUT2D eigenvalue weighted by atomic mass is 9.95. The van der Waals surface area contributed by atoms with Gasteiger partial charge in [-0.05, 0) is 42.7 Å². The van der Waals surface area contributed by atoms with Crippen molar-refractivity contribution in [3.05, 3.63) is 77.4 Å². The highest BCUT2D eigenvalue weighted by molar-refractivity contribution is 6.02. The van der Waals surface area contributed by atoms with Crippen molar-refractivity contribution in [1.82, 2.24) is 10.2 Å². The Morgan fingerprint density at radius 3 is 2.21 bits per heavy atom. The van der Waals surface area contributed by atoms with Gasteiger partial charge < -0.3 is 0 Å². The molecule has 0 fully saturated rings. The van der Waals surface area contributed by atoms with E-state index in [2.05, 4.69) is 15.2 Å². The number of carbonyl (C=O) groups excluding carboxylic acids is 1. The maximum Gasteiger partial charge on any atom is 0.233 e. The Hall–Kier alpha value is -3.48. The first-order valence-electron chi connectivity index (χ1n) is 10.9. The minimum Gasteiger partial charge on any atom is -0.298 e. The number of carbonyl (C=O) groups is 1. The fraction of sp³-hybridized carbons (Fsp3) is 0.308. The highest BCUT2D eigenvalue weighted by Gasteiger charge is 2.27. The molecule has 0 saturated heterocycles. The van der Waals surface area contributed by atoms with Crippen molar-refractivity contribution >= 4 is 17.4 Å². The van der Waals surface area contributed by atoms with Crippen LogP contribution in [0.25, 0.3) is 11.3 Å². The fourth-order valence-electron chi connectivity index (χ4n) is 3.94. The second kappa shape index (κ2) is 8.81. The zero-order chi connectivity index (χ0) is 23.8. The molecule has 2 heterocycles. The second-order valence-corrected chi connectivity index (χ2v) is 9.24. The van der Waals surface area contributed by atoms with Gasteiger partial charge in [0.1, 0.15) is 11.6 Å². The van der Waals surface area contributed by atoms with Crippen molar-refractivity contribution in [3.8, 4) is 11.3 Å². The predicted octanol–water partition coefficient (Wildman–Crippen LogP) is 5.75. The third-order valence-electron chi connectivity index (χ3n) is 5.75. The molecular weight excluding hydrogens is 422 g/mol. The largest absolute Gasteiger partial charge is 0.298 e. The molecule has 1 aromatic heterocycles. The molecule has 2 aromatic carbocycles. The number of amides is 1. The van der Waals surface area contributed by atoms with E-state index < -0.39 is 17.0 Å². The summed E-state index contributed by atoms with van der Waals surface area (Å²) in [5, 5.41) is 8.49. The minimum absolute atomic E-state index is 0.0260. The van der Waals surface area contributed by atoms with E-state index in [0.717, 1.165) is 11.1 Å². The number of benzene rings is 2. The molecule has 0 aliphatic carbocycles. The Morgan fingerprint density at radius 2 is 1.64 bits per heavy atom. The van der Waals surface area contributed by atoms with Gasteiger partial charge in [0.15, 0.2) is 5.82 Å². The number of hydrogen-bond acceptors (Lipinski definition) is 4.